The zero-order chi connectivity index (χ0) is 15.8. The van der Waals surface area contributed by atoms with Crippen LogP contribution >= 0.6 is 0 Å². The monoisotopic (exact) mass is 310 g/mol. The van der Waals surface area contributed by atoms with Gasteiger partial charge in [-0.2, -0.15) is 4.31 Å². The number of hydrogen-bond acceptors (Lipinski definition) is 3. The summed E-state index contributed by atoms with van der Waals surface area (Å²) in [6.07, 6.45) is 0.705. The number of rotatable bonds is 3. The third-order valence-electron chi connectivity index (χ3n) is 4.46. The Bertz CT molecular complexity index is 591. The summed E-state index contributed by atoms with van der Waals surface area (Å²) < 4.78 is 27.1. The van der Waals surface area contributed by atoms with Gasteiger partial charge in [-0.05, 0) is 35.4 Å². The Hall–Kier alpha value is -0.910. The third kappa shape index (κ3) is 3.30. The van der Waals surface area contributed by atoms with E-state index < -0.39 is 10.0 Å². The van der Waals surface area contributed by atoms with Gasteiger partial charge in [0.05, 0.1) is 4.90 Å². The molecule has 1 aliphatic heterocycles. The highest BCUT2D eigenvalue weighted by atomic mass is 32.2. The van der Waals surface area contributed by atoms with Crippen LogP contribution in [-0.2, 0) is 10.0 Å². The van der Waals surface area contributed by atoms with Crippen LogP contribution in [0.4, 0.5) is 0 Å². The van der Waals surface area contributed by atoms with Gasteiger partial charge >= 0.3 is 0 Å². The van der Waals surface area contributed by atoms with Crippen molar-refractivity contribution in [2.45, 2.75) is 51.0 Å². The summed E-state index contributed by atoms with van der Waals surface area (Å²) in [4.78, 5) is 0.373. The standard InChI is InChI=1S/C16H26N2O2S/c1-12(2)13-5-7-14(8-6-13)21(19,20)18-10-9-15(17)16(3,4)11-18/h5-8,12,15H,9-11,17H2,1-4H3. The minimum absolute atomic E-state index is 0.0484. The molecule has 4 nitrogen and oxygen atoms in total. The van der Waals surface area contributed by atoms with E-state index in [1.807, 2.05) is 26.0 Å². The summed E-state index contributed by atoms with van der Waals surface area (Å²) in [5.41, 5.74) is 7.05. The van der Waals surface area contributed by atoms with Crippen molar-refractivity contribution >= 4 is 10.0 Å². The van der Waals surface area contributed by atoms with E-state index in [1.165, 1.54) is 0 Å². The van der Waals surface area contributed by atoms with Crippen LogP contribution in [-0.4, -0.2) is 31.9 Å². The molecule has 0 spiro atoms. The summed E-state index contributed by atoms with van der Waals surface area (Å²) in [6.45, 7) is 9.22. The van der Waals surface area contributed by atoms with Gasteiger partial charge in [0.25, 0.3) is 0 Å². The predicted molar refractivity (Wildman–Crippen MR) is 85.7 cm³/mol. The molecule has 1 heterocycles. The van der Waals surface area contributed by atoms with Crippen molar-refractivity contribution in [3.05, 3.63) is 29.8 Å². The topological polar surface area (TPSA) is 63.4 Å². The number of hydrogen-bond donors (Lipinski definition) is 1. The van der Waals surface area contributed by atoms with E-state index >= 15 is 0 Å². The summed E-state index contributed by atoms with van der Waals surface area (Å²) in [7, 11) is -3.42. The predicted octanol–water partition coefficient (Wildman–Crippen LogP) is 2.56. The lowest BCUT2D eigenvalue weighted by Crippen LogP contribution is -2.53. The van der Waals surface area contributed by atoms with Crippen LogP contribution in [0, 0.1) is 5.41 Å². The molecule has 1 fully saturated rings. The minimum Gasteiger partial charge on any atom is -0.327 e. The zero-order valence-corrected chi connectivity index (χ0v) is 14.2. The molecule has 21 heavy (non-hydrogen) atoms. The summed E-state index contributed by atoms with van der Waals surface area (Å²) >= 11 is 0. The molecule has 1 aromatic carbocycles. The van der Waals surface area contributed by atoms with Crippen LogP contribution < -0.4 is 5.73 Å². The van der Waals surface area contributed by atoms with Crippen molar-refractivity contribution < 1.29 is 8.42 Å². The molecule has 5 heteroatoms. The van der Waals surface area contributed by atoms with Gasteiger partial charge in [0.2, 0.25) is 10.0 Å². The Morgan fingerprint density at radius 2 is 1.81 bits per heavy atom. The Balaban J connectivity index is 2.26. The van der Waals surface area contributed by atoms with Crippen LogP contribution in [0.3, 0.4) is 0 Å². The van der Waals surface area contributed by atoms with Gasteiger partial charge < -0.3 is 5.73 Å². The highest BCUT2D eigenvalue weighted by Gasteiger charge is 2.38. The van der Waals surface area contributed by atoms with Crippen molar-refractivity contribution in [1.82, 2.24) is 4.31 Å². The Labute approximate surface area is 128 Å². The van der Waals surface area contributed by atoms with Crippen molar-refractivity contribution in [2.75, 3.05) is 13.1 Å². The molecule has 2 rings (SSSR count). The highest BCUT2D eigenvalue weighted by Crippen LogP contribution is 2.31. The van der Waals surface area contributed by atoms with E-state index in [9.17, 15) is 8.42 Å². The van der Waals surface area contributed by atoms with Gasteiger partial charge in [0.15, 0.2) is 0 Å². The fourth-order valence-corrected chi connectivity index (χ4v) is 4.33. The molecular weight excluding hydrogens is 284 g/mol. The lowest BCUT2D eigenvalue weighted by Gasteiger charge is -2.41. The number of sulfonamides is 1. The first kappa shape index (κ1) is 16.5. The molecule has 1 atom stereocenters. The van der Waals surface area contributed by atoms with E-state index in [2.05, 4.69) is 13.8 Å². The van der Waals surface area contributed by atoms with Crippen molar-refractivity contribution in [1.29, 1.82) is 0 Å². The maximum absolute atomic E-state index is 12.7. The Morgan fingerprint density at radius 1 is 1.24 bits per heavy atom. The molecule has 1 saturated heterocycles. The van der Waals surface area contributed by atoms with Crippen LogP contribution in [0.5, 0.6) is 0 Å². The normalized spacial score (nSPS) is 23.4. The molecule has 0 saturated carbocycles. The average molecular weight is 310 g/mol. The number of benzene rings is 1. The molecule has 118 valence electrons. The third-order valence-corrected chi connectivity index (χ3v) is 6.32. The molecule has 0 bridgehead atoms. The van der Waals surface area contributed by atoms with Crippen molar-refractivity contribution in [2.24, 2.45) is 11.1 Å². The van der Waals surface area contributed by atoms with Gasteiger partial charge in [-0.1, -0.05) is 39.8 Å². The highest BCUT2D eigenvalue weighted by molar-refractivity contribution is 7.89. The van der Waals surface area contributed by atoms with Gasteiger partial charge in [0, 0.05) is 19.1 Å². The molecule has 2 N–H and O–H groups in total. The second-order valence-corrected chi connectivity index (χ2v) is 8.88. The molecular formula is C16H26N2O2S. The fraction of sp³-hybridized carbons (Fsp3) is 0.625. The average Bonchev–Trinajstić information content (AvgIpc) is 2.41. The second-order valence-electron chi connectivity index (χ2n) is 6.95. The fourth-order valence-electron chi connectivity index (χ4n) is 2.70. The van der Waals surface area contributed by atoms with Crippen LogP contribution in [0.1, 0.15) is 45.6 Å². The first-order valence-corrected chi connectivity index (χ1v) is 8.94. The first-order chi connectivity index (χ1) is 9.64. The number of piperidine rings is 1. The van der Waals surface area contributed by atoms with Crippen LogP contribution in [0.25, 0.3) is 0 Å². The molecule has 0 aliphatic carbocycles. The largest absolute Gasteiger partial charge is 0.327 e. The zero-order valence-electron chi connectivity index (χ0n) is 13.3. The van der Waals surface area contributed by atoms with Crippen LogP contribution in [0.2, 0.25) is 0 Å². The van der Waals surface area contributed by atoms with Gasteiger partial charge in [-0.25, -0.2) is 8.42 Å². The Kier molecular flexibility index (Phi) is 4.47. The quantitative estimate of drug-likeness (QED) is 0.933. The van der Waals surface area contributed by atoms with Crippen molar-refractivity contribution in [3.8, 4) is 0 Å². The number of nitrogens with zero attached hydrogens (tertiary/aromatic N) is 1. The summed E-state index contributed by atoms with van der Waals surface area (Å²) in [6, 6.07) is 7.28. The minimum atomic E-state index is -3.42. The Morgan fingerprint density at radius 3 is 2.29 bits per heavy atom. The smallest absolute Gasteiger partial charge is 0.243 e. The van der Waals surface area contributed by atoms with Crippen LogP contribution in [0.15, 0.2) is 29.2 Å². The van der Waals surface area contributed by atoms with Gasteiger partial charge in [-0.15, -0.1) is 0 Å². The molecule has 0 aromatic heterocycles. The molecule has 0 radical (unpaired) electrons. The van der Waals surface area contributed by atoms with E-state index in [-0.39, 0.29) is 11.5 Å². The molecule has 1 aromatic rings. The lowest BCUT2D eigenvalue weighted by atomic mass is 9.81. The molecule has 1 aliphatic rings. The van der Waals surface area contributed by atoms with E-state index in [1.54, 1.807) is 16.4 Å². The van der Waals surface area contributed by atoms with E-state index in [0.29, 0.717) is 30.3 Å². The summed E-state index contributed by atoms with van der Waals surface area (Å²) in [5, 5.41) is 0. The second kappa shape index (κ2) is 5.71. The molecule has 1 unspecified atom stereocenters. The molecule has 0 amide bonds. The first-order valence-electron chi connectivity index (χ1n) is 7.50. The number of nitrogens with two attached hydrogens (primary N) is 1. The summed E-state index contributed by atoms with van der Waals surface area (Å²) in [5.74, 6) is 0.397. The lowest BCUT2D eigenvalue weighted by molar-refractivity contribution is 0.155. The van der Waals surface area contributed by atoms with E-state index in [0.717, 1.165) is 5.56 Å². The SMILES string of the molecule is CC(C)c1ccc(S(=O)(=O)N2CCC(N)C(C)(C)C2)cc1. The van der Waals surface area contributed by atoms with E-state index in [4.69, 9.17) is 5.73 Å². The van der Waals surface area contributed by atoms with Gasteiger partial charge in [0.1, 0.15) is 0 Å². The maximum Gasteiger partial charge on any atom is 0.243 e. The van der Waals surface area contributed by atoms with Crippen molar-refractivity contribution in [3.63, 3.8) is 0 Å². The van der Waals surface area contributed by atoms with Gasteiger partial charge in [-0.3, -0.25) is 0 Å². The maximum atomic E-state index is 12.7.